The molecule has 0 saturated carbocycles. The van der Waals surface area contributed by atoms with Gasteiger partial charge in [-0.2, -0.15) is 0 Å². The van der Waals surface area contributed by atoms with Gasteiger partial charge in [-0.05, 0) is 82.1 Å². The van der Waals surface area contributed by atoms with Crippen molar-refractivity contribution in [3.8, 4) is 0 Å². The minimum atomic E-state index is 0.980. The molecule has 2 aromatic rings. The van der Waals surface area contributed by atoms with Crippen LogP contribution < -0.4 is 15.1 Å². The molecule has 6 heteroatoms. The molecule has 4 aliphatic heterocycles. The summed E-state index contributed by atoms with van der Waals surface area (Å²) in [6.45, 7) is 6.85. The Kier molecular flexibility index (Phi) is 10.8. The quantitative estimate of drug-likeness (QED) is 0.427. The Morgan fingerprint density at radius 1 is 0.625 bits per heavy atom. The second-order valence-corrected chi connectivity index (χ2v) is 11.8. The molecular formula is C34H50N6. The standard InChI is InChI=1S/2C17H25N3/c1-19-12-8-5-11-17(19)18-15-9-3-4-10-16(15)20-13-6-2-7-14-20;1-2-8-14-20(13-7-1)16-10-4-3-9-15(16)19-17-11-5-6-12-18-17/h3-4,9-10H,2,5-8,11-14H2,1H3;3-4,9-10H,1-2,5-8,11-14H2,(H,18,19). The van der Waals surface area contributed by atoms with Crippen molar-refractivity contribution in [2.45, 2.75) is 83.5 Å². The average Bonchev–Trinajstić information content (AvgIpc) is 3.30. The molecule has 0 amide bonds. The molecule has 0 atom stereocenters. The predicted molar refractivity (Wildman–Crippen MR) is 173 cm³/mol. The van der Waals surface area contributed by atoms with Crippen molar-refractivity contribution < 1.29 is 0 Å². The topological polar surface area (TPSA) is 46.5 Å². The van der Waals surface area contributed by atoms with E-state index in [-0.39, 0.29) is 0 Å². The molecule has 4 aliphatic rings. The van der Waals surface area contributed by atoms with Gasteiger partial charge in [-0.1, -0.05) is 37.1 Å². The highest BCUT2D eigenvalue weighted by Gasteiger charge is 2.17. The van der Waals surface area contributed by atoms with Gasteiger partial charge in [-0.25, -0.2) is 4.99 Å². The monoisotopic (exact) mass is 542 g/mol. The molecule has 0 spiro atoms. The van der Waals surface area contributed by atoms with E-state index in [1.807, 2.05) is 0 Å². The molecule has 4 heterocycles. The van der Waals surface area contributed by atoms with E-state index in [0.29, 0.717) is 0 Å². The molecule has 2 aromatic carbocycles. The fourth-order valence-electron chi connectivity index (χ4n) is 6.31. The average molecular weight is 543 g/mol. The van der Waals surface area contributed by atoms with Crippen LogP contribution in [0.15, 0.2) is 58.5 Å². The van der Waals surface area contributed by atoms with Gasteiger partial charge >= 0.3 is 0 Å². The van der Waals surface area contributed by atoms with Crippen LogP contribution in [0.4, 0.5) is 22.7 Å². The summed E-state index contributed by atoms with van der Waals surface area (Å²) in [7, 11) is 2.17. The number of aliphatic imine (C=N–C) groups is 2. The Morgan fingerprint density at radius 3 is 1.93 bits per heavy atom. The number of hydrogen-bond donors (Lipinski definition) is 1. The van der Waals surface area contributed by atoms with Gasteiger partial charge in [0.15, 0.2) is 0 Å². The molecule has 6 nitrogen and oxygen atoms in total. The summed E-state index contributed by atoms with van der Waals surface area (Å²) in [5.74, 6) is 2.42. The molecular weight excluding hydrogens is 492 g/mol. The van der Waals surface area contributed by atoms with Crippen molar-refractivity contribution in [3.05, 3.63) is 48.5 Å². The fraction of sp³-hybridized carbons (Fsp3) is 0.588. The van der Waals surface area contributed by atoms with Gasteiger partial charge in [-0.15, -0.1) is 0 Å². The summed E-state index contributed by atoms with van der Waals surface area (Å²) in [4.78, 5) is 17.0. The zero-order chi connectivity index (χ0) is 27.4. The third kappa shape index (κ3) is 8.02. The highest BCUT2D eigenvalue weighted by atomic mass is 15.2. The molecule has 3 fully saturated rings. The molecule has 6 rings (SSSR count). The van der Waals surface area contributed by atoms with Crippen molar-refractivity contribution in [1.82, 2.24) is 4.90 Å². The number of piperidine rings is 2. The van der Waals surface area contributed by atoms with Gasteiger partial charge in [0.05, 0.1) is 22.7 Å². The lowest BCUT2D eigenvalue weighted by Crippen LogP contribution is -2.32. The van der Waals surface area contributed by atoms with E-state index in [9.17, 15) is 0 Å². The predicted octanol–water partition coefficient (Wildman–Crippen LogP) is 7.88. The zero-order valence-corrected chi connectivity index (χ0v) is 24.8. The van der Waals surface area contributed by atoms with Gasteiger partial charge in [-0.3, -0.25) is 4.99 Å². The lowest BCUT2D eigenvalue weighted by molar-refractivity contribution is 0.434. The van der Waals surface area contributed by atoms with Crippen molar-refractivity contribution in [2.75, 3.05) is 61.4 Å². The zero-order valence-electron chi connectivity index (χ0n) is 24.8. The van der Waals surface area contributed by atoms with Crippen LogP contribution in [0.3, 0.4) is 0 Å². The number of nitrogens with one attached hydrogen (secondary N) is 1. The van der Waals surface area contributed by atoms with E-state index in [1.54, 1.807) is 0 Å². The summed E-state index contributed by atoms with van der Waals surface area (Å²) in [6, 6.07) is 17.3. The first-order valence-corrected chi connectivity index (χ1v) is 16.0. The second-order valence-electron chi connectivity index (χ2n) is 11.8. The third-order valence-electron chi connectivity index (χ3n) is 8.67. The van der Waals surface area contributed by atoms with Gasteiger partial charge in [0.1, 0.15) is 11.7 Å². The van der Waals surface area contributed by atoms with Gasteiger partial charge in [0, 0.05) is 59.2 Å². The molecule has 1 N–H and O–H groups in total. The van der Waals surface area contributed by atoms with Crippen molar-refractivity contribution in [3.63, 3.8) is 0 Å². The van der Waals surface area contributed by atoms with Crippen LogP contribution in [0.2, 0.25) is 0 Å². The summed E-state index contributed by atoms with van der Waals surface area (Å²) in [5, 5.41) is 3.58. The Balaban J connectivity index is 0.000000161. The van der Waals surface area contributed by atoms with Gasteiger partial charge in [0.25, 0.3) is 0 Å². The number of anilines is 3. The van der Waals surface area contributed by atoms with E-state index in [0.717, 1.165) is 31.6 Å². The number of para-hydroxylation sites is 4. The number of nitrogens with zero attached hydrogens (tertiary/aromatic N) is 5. The number of rotatable bonds is 4. The fourth-order valence-corrected chi connectivity index (χ4v) is 6.31. The lowest BCUT2D eigenvalue weighted by Gasteiger charge is -2.31. The van der Waals surface area contributed by atoms with Crippen LogP contribution in [0.5, 0.6) is 0 Å². The van der Waals surface area contributed by atoms with E-state index >= 15 is 0 Å². The number of amidine groups is 2. The van der Waals surface area contributed by atoms with Crippen LogP contribution >= 0.6 is 0 Å². The summed E-state index contributed by atoms with van der Waals surface area (Å²) in [6.07, 6.45) is 16.6. The lowest BCUT2D eigenvalue weighted by atomic mass is 10.1. The van der Waals surface area contributed by atoms with Crippen LogP contribution in [0, 0.1) is 0 Å². The first-order valence-electron chi connectivity index (χ1n) is 16.0. The molecule has 0 aliphatic carbocycles. The summed E-state index contributed by atoms with van der Waals surface area (Å²) >= 11 is 0. The minimum Gasteiger partial charge on any atom is -0.370 e. The van der Waals surface area contributed by atoms with Crippen LogP contribution in [0.25, 0.3) is 0 Å². The van der Waals surface area contributed by atoms with Gasteiger partial charge in [0.2, 0.25) is 0 Å². The van der Waals surface area contributed by atoms with Gasteiger partial charge < -0.3 is 20.0 Å². The summed E-state index contributed by atoms with van der Waals surface area (Å²) < 4.78 is 0. The molecule has 216 valence electrons. The van der Waals surface area contributed by atoms with E-state index in [1.165, 1.54) is 126 Å². The Bertz CT molecular complexity index is 1110. The highest BCUT2D eigenvalue weighted by molar-refractivity contribution is 5.98. The smallest absolute Gasteiger partial charge is 0.105 e. The minimum absolute atomic E-state index is 0.980. The van der Waals surface area contributed by atoms with Crippen molar-refractivity contribution in [1.29, 1.82) is 0 Å². The largest absolute Gasteiger partial charge is 0.370 e. The second kappa shape index (κ2) is 15.1. The van der Waals surface area contributed by atoms with E-state index in [4.69, 9.17) is 4.99 Å². The molecule has 3 saturated heterocycles. The summed E-state index contributed by atoms with van der Waals surface area (Å²) in [5.41, 5.74) is 5.05. The van der Waals surface area contributed by atoms with E-state index in [2.05, 4.69) is 80.6 Å². The molecule has 0 radical (unpaired) electrons. The SMILES string of the molecule is CN1CCCCC1=Nc1ccccc1N1CCCCC1.c1ccc(N2CCCCCC2)c(NC2=NCCCC2)c1. The number of likely N-dealkylation sites (tertiary alicyclic amines) is 1. The Morgan fingerprint density at radius 2 is 1.23 bits per heavy atom. The number of hydrogen-bond acceptors (Lipinski definition) is 5. The van der Waals surface area contributed by atoms with Crippen LogP contribution in [0.1, 0.15) is 83.5 Å². The highest BCUT2D eigenvalue weighted by Crippen LogP contribution is 2.32. The van der Waals surface area contributed by atoms with Crippen molar-refractivity contribution in [2.24, 2.45) is 9.98 Å². The normalized spacial score (nSPS) is 21.3. The maximum absolute atomic E-state index is 4.98. The third-order valence-corrected chi connectivity index (χ3v) is 8.67. The molecule has 0 bridgehead atoms. The Labute approximate surface area is 242 Å². The maximum atomic E-state index is 4.98. The first-order chi connectivity index (χ1) is 19.8. The molecule has 0 aromatic heterocycles. The van der Waals surface area contributed by atoms with E-state index < -0.39 is 0 Å². The Hall–Kier alpha value is -3.02. The first kappa shape index (κ1) is 28.5. The maximum Gasteiger partial charge on any atom is 0.105 e. The van der Waals surface area contributed by atoms with Crippen LogP contribution in [-0.2, 0) is 0 Å². The molecule has 0 unspecified atom stereocenters. The molecule has 40 heavy (non-hydrogen) atoms. The van der Waals surface area contributed by atoms with Crippen molar-refractivity contribution >= 4 is 34.4 Å². The van der Waals surface area contributed by atoms with Crippen LogP contribution in [-0.4, -0.2) is 62.9 Å². The number of benzene rings is 2.